The van der Waals surface area contributed by atoms with Crippen molar-refractivity contribution in [3.05, 3.63) is 17.5 Å². The summed E-state index contributed by atoms with van der Waals surface area (Å²) in [6.45, 7) is 5.46. The number of piperidine rings is 1. The van der Waals surface area contributed by atoms with Crippen LogP contribution in [-0.2, 0) is 11.2 Å². The molecule has 2 amide bonds. The van der Waals surface area contributed by atoms with E-state index < -0.39 is 0 Å². The molecule has 0 saturated carbocycles. The van der Waals surface area contributed by atoms with Crippen LogP contribution in [0.1, 0.15) is 49.3 Å². The van der Waals surface area contributed by atoms with Crippen LogP contribution in [0.2, 0.25) is 0 Å². The van der Waals surface area contributed by atoms with E-state index in [0.29, 0.717) is 25.4 Å². The lowest BCUT2D eigenvalue weighted by molar-refractivity contribution is 0.0856. The minimum Gasteiger partial charge on any atom is -0.450 e. The Labute approximate surface area is 130 Å². The molecule has 1 aliphatic rings. The van der Waals surface area contributed by atoms with Gasteiger partial charge in [0.05, 0.1) is 6.61 Å². The molecule has 22 heavy (non-hydrogen) atoms. The lowest BCUT2D eigenvalue weighted by Gasteiger charge is -2.31. The van der Waals surface area contributed by atoms with Crippen LogP contribution in [-0.4, -0.2) is 52.8 Å². The second-order valence-electron chi connectivity index (χ2n) is 5.46. The molecule has 7 nitrogen and oxygen atoms in total. The fourth-order valence-electron chi connectivity index (χ4n) is 2.56. The van der Waals surface area contributed by atoms with Crippen LogP contribution >= 0.6 is 0 Å². The summed E-state index contributed by atoms with van der Waals surface area (Å²) in [6, 6.07) is 1.87. The van der Waals surface area contributed by atoms with Crippen LogP contribution in [0.4, 0.5) is 4.79 Å². The fourth-order valence-corrected chi connectivity index (χ4v) is 2.56. The zero-order valence-electron chi connectivity index (χ0n) is 13.2. The Hall–Kier alpha value is -2.05. The third-order valence-corrected chi connectivity index (χ3v) is 3.74. The summed E-state index contributed by atoms with van der Waals surface area (Å²) in [4.78, 5) is 25.4. The average Bonchev–Trinajstić information content (AvgIpc) is 2.97. The van der Waals surface area contributed by atoms with Crippen LogP contribution in [0.15, 0.2) is 6.07 Å². The Kier molecular flexibility index (Phi) is 5.80. The van der Waals surface area contributed by atoms with Gasteiger partial charge in [0.15, 0.2) is 0 Å². The monoisotopic (exact) mass is 308 g/mol. The Morgan fingerprint density at radius 1 is 1.41 bits per heavy atom. The number of rotatable bonds is 5. The number of nitrogens with zero attached hydrogens (tertiary/aromatic N) is 2. The Balaban J connectivity index is 1.79. The molecule has 0 bridgehead atoms. The topological polar surface area (TPSA) is 87.3 Å². The van der Waals surface area contributed by atoms with E-state index in [0.717, 1.165) is 31.4 Å². The van der Waals surface area contributed by atoms with Crippen molar-refractivity contribution in [1.82, 2.24) is 20.4 Å². The molecule has 0 aromatic carbocycles. The zero-order valence-corrected chi connectivity index (χ0v) is 13.2. The van der Waals surface area contributed by atoms with Gasteiger partial charge in [-0.15, -0.1) is 0 Å². The maximum atomic E-state index is 12.1. The van der Waals surface area contributed by atoms with Crippen LogP contribution in [0.25, 0.3) is 0 Å². The van der Waals surface area contributed by atoms with Gasteiger partial charge in [0, 0.05) is 24.8 Å². The van der Waals surface area contributed by atoms with Gasteiger partial charge in [0.1, 0.15) is 5.69 Å². The van der Waals surface area contributed by atoms with Gasteiger partial charge < -0.3 is 15.0 Å². The molecule has 2 rings (SSSR count). The van der Waals surface area contributed by atoms with E-state index in [4.69, 9.17) is 4.74 Å². The first-order valence-corrected chi connectivity index (χ1v) is 7.90. The first-order valence-electron chi connectivity index (χ1n) is 7.90. The second-order valence-corrected chi connectivity index (χ2v) is 5.46. The number of aromatic nitrogens is 2. The number of nitrogens with one attached hydrogen (secondary N) is 2. The normalized spacial score (nSPS) is 15.6. The molecule has 0 spiro atoms. The minimum absolute atomic E-state index is 0.0736. The number of amides is 2. The molecule has 0 atom stereocenters. The first-order chi connectivity index (χ1) is 10.6. The molecule has 0 radical (unpaired) electrons. The van der Waals surface area contributed by atoms with Gasteiger partial charge in [-0.25, -0.2) is 4.79 Å². The van der Waals surface area contributed by atoms with Crippen LogP contribution in [0.5, 0.6) is 0 Å². The number of aromatic amines is 1. The maximum absolute atomic E-state index is 12.1. The first kappa shape index (κ1) is 16.3. The third-order valence-electron chi connectivity index (χ3n) is 3.74. The second kappa shape index (κ2) is 7.82. The van der Waals surface area contributed by atoms with Gasteiger partial charge in [-0.1, -0.05) is 13.3 Å². The number of carbonyl (C=O) groups is 2. The summed E-state index contributed by atoms with van der Waals surface area (Å²) >= 11 is 0. The molecule has 7 heteroatoms. The van der Waals surface area contributed by atoms with Gasteiger partial charge >= 0.3 is 6.09 Å². The zero-order chi connectivity index (χ0) is 15.9. The molecule has 1 aliphatic heterocycles. The van der Waals surface area contributed by atoms with Gasteiger partial charge in [-0.05, 0) is 32.3 Å². The summed E-state index contributed by atoms with van der Waals surface area (Å²) < 4.78 is 4.98. The van der Waals surface area contributed by atoms with Crippen molar-refractivity contribution < 1.29 is 14.3 Å². The highest BCUT2D eigenvalue weighted by Gasteiger charge is 2.25. The largest absolute Gasteiger partial charge is 0.450 e. The molecule has 0 aliphatic carbocycles. The predicted octanol–water partition coefficient (Wildman–Crippen LogP) is 1.71. The van der Waals surface area contributed by atoms with E-state index >= 15 is 0 Å². The highest BCUT2D eigenvalue weighted by molar-refractivity contribution is 5.92. The quantitative estimate of drug-likeness (QED) is 0.867. The van der Waals surface area contributed by atoms with Crippen molar-refractivity contribution >= 4 is 12.0 Å². The Bertz CT molecular complexity index is 507. The Morgan fingerprint density at radius 2 is 2.14 bits per heavy atom. The molecule has 1 fully saturated rings. The summed E-state index contributed by atoms with van der Waals surface area (Å²) in [5.41, 5.74) is 1.40. The highest BCUT2D eigenvalue weighted by atomic mass is 16.6. The molecule has 1 saturated heterocycles. The van der Waals surface area contributed by atoms with Crippen molar-refractivity contribution in [2.45, 2.75) is 45.6 Å². The maximum Gasteiger partial charge on any atom is 0.409 e. The number of H-pyrrole nitrogens is 1. The highest BCUT2D eigenvalue weighted by Crippen LogP contribution is 2.12. The van der Waals surface area contributed by atoms with Gasteiger partial charge in [-0.2, -0.15) is 5.10 Å². The molecule has 2 heterocycles. The molecular formula is C15H24N4O3. The summed E-state index contributed by atoms with van der Waals surface area (Å²) in [6.07, 6.45) is 3.09. The fraction of sp³-hybridized carbons (Fsp3) is 0.667. The lowest BCUT2D eigenvalue weighted by Crippen LogP contribution is -2.46. The molecule has 0 unspecified atom stereocenters. The summed E-state index contributed by atoms with van der Waals surface area (Å²) in [5, 5.41) is 9.91. The Morgan fingerprint density at radius 3 is 2.77 bits per heavy atom. The van der Waals surface area contributed by atoms with Crippen LogP contribution in [0, 0.1) is 0 Å². The van der Waals surface area contributed by atoms with Crippen molar-refractivity contribution in [2.75, 3.05) is 19.7 Å². The summed E-state index contributed by atoms with van der Waals surface area (Å²) in [5.74, 6) is -0.159. The van der Waals surface area contributed by atoms with E-state index in [9.17, 15) is 9.59 Å². The molecule has 2 N–H and O–H groups in total. The third kappa shape index (κ3) is 4.22. The van der Waals surface area contributed by atoms with E-state index in [1.807, 2.05) is 0 Å². The van der Waals surface area contributed by atoms with Gasteiger partial charge in [0.25, 0.3) is 5.91 Å². The van der Waals surface area contributed by atoms with E-state index in [2.05, 4.69) is 22.4 Å². The van der Waals surface area contributed by atoms with Crippen molar-refractivity contribution in [3.8, 4) is 0 Å². The molecule has 1 aromatic heterocycles. The van der Waals surface area contributed by atoms with E-state index in [-0.39, 0.29) is 18.0 Å². The van der Waals surface area contributed by atoms with Crippen LogP contribution < -0.4 is 5.32 Å². The number of hydrogen-bond donors (Lipinski definition) is 2. The molecular weight excluding hydrogens is 284 g/mol. The van der Waals surface area contributed by atoms with Crippen LogP contribution in [0.3, 0.4) is 0 Å². The standard InChI is InChI=1S/C15H24N4O3/c1-3-5-12-10-13(18-17-12)14(20)16-11-6-8-19(9-7-11)15(21)22-4-2/h10-11H,3-9H2,1-2H3,(H,16,20)(H,17,18). The average molecular weight is 308 g/mol. The molecule has 1 aromatic rings. The number of ether oxygens (including phenoxy) is 1. The van der Waals surface area contributed by atoms with Crippen molar-refractivity contribution in [2.24, 2.45) is 0 Å². The van der Waals surface area contributed by atoms with Crippen molar-refractivity contribution in [3.63, 3.8) is 0 Å². The minimum atomic E-state index is -0.274. The number of hydrogen-bond acceptors (Lipinski definition) is 4. The van der Waals surface area contributed by atoms with E-state index in [1.165, 1.54) is 0 Å². The number of carbonyl (C=O) groups excluding carboxylic acids is 2. The molecule has 122 valence electrons. The number of aryl methyl sites for hydroxylation is 1. The van der Waals surface area contributed by atoms with Gasteiger partial charge in [-0.3, -0.25) is 9.89 Å². The lowest BCUT2D eigenvalue weighted by atomic mass is 10.1. The number of likely N-dealkylation sites (tertiary alicyclic amines) is 1. The van der Waals surface area contributed by atoms with Gasteiger partial charge in [0.2, 0.25) is 0 Å². The smallest absolute Gasteiger partial charge is 0.409 e. The SMILES string of the molecule is CCCc1cc(C(=O)NC2CCN(C(=O)OCC)CC2)n[nH]1. The van der Waals surface area contributed by atoms with Crippen molar-refractivity contribution in [1.29, 1.82) is 0 Å². The van der Waals surface area contributed by atoms with E-state index in [1.54, 1.807) is 17.9 Å². The summed E-state index contributed by atoms with van der Waals surface area (Å²) in [7, 11) is 0. The predicted molar refractivity (Wildman–Crippen MR) is 81.7 cm³/mol.